The van der Waals surface area contributed by atoms with Crippen molar-refractivity contribution in [1.29, 1.82) is 0 Å². The van der Waals surface area contributed by atoms with Crippen LogP contribution in [0.2, 0.25) is 0 Å². The van der Waals surface area contributed by atoms with Gasteiger partial charge in [-0.1, -0.05) is 6.07 Å². The van der Waals surface area contributed by atoms with Crippen molar-refractivity contribution in [2.45, 2.75) is 13.8 Å². The molecule has 1 saturated heterocycles. The number of hydrogen-bond acceptors (Lipinski definition) is 4. The Morgan fingerprint density at radius 2 is 1.80 bits per heavy atom. The van der Waals surface area contributed by atoms with Crippen LogP contribution in [0.4, 0.5) is 15.8 Å². The van der Waals surface area contributed by atoms with Gasteiger partial charge in [-0.05, 0) is 43.2 Å². The zero-order chi connectivity index (χ0) is 17.8. The van der Waals surface area contributed by atoms with Crippen LogP contribution in [-0.4, -0.2) is 48.5 Å². The SMILES string of the molecule is Cc1cc(C)cc(NC(=O)CN2CCN(c3ccnc(F)c3)CC2)c1. The molecule has 1 amide bonds. The topological polar surface area (TPSA) is 48.5 Å². The van der Waals surface area contributed by atoms with Gasteiger partial charge in [0.15, 0.2) is 0 Å². The predicted octanol–water partition coefficient (Wildman–Crippen LogP) is 2.60. The summed E-state index contributed by atoms with van der Waals surface area (Å²) >= 11 is 0. The van der Waals surface area contributed by atoms with E-state index in [1.165, 1.54) is 12.3 Å². The molecule has 2 heterocycles. The molecule has 0 unspecified atom stereocenters. The molecular weight excluding hydrogens is 319 g/mol. The Labute approximate surface area is 147 Å². The Hall–Kier alpha value is -2.47. The summed E-state index contributed by atoms with van der Waals surface area (Å²) in [5, 5.41) is 2.97. The molecule has 1 fully saturated rings. The van der Waals surface area contributed by atoms with E-state index in [9.17, 15) is 9.18 Å². The average molecular weight is 342 g/mol. The highest BCUT2D eigenvalue weighted by atomic mass is 19.1. The lowest BCUT2D eigenvalue weighted by Gasteiger charge is -2.35. The number of hydrogen-bond donors (Lipinski definition) is 1. The van der Waals surface area contributed by atoms with Crippen molar-refractivity contribution in [1.82, 2.24) is 9.88 Å². The third-order valence-electron chi connectivity index (χ3n) is 4.32. The van der Waals surface area contributed by atoms with Crippen molar-refractivity contribution >= 4 is 17.3 Å². The van der Waals surface area contributed by atoms with E-state index in [0.29, 0.717) is 6.54 Å². The number of carbonyl (C=O) groups is 1. The Morgan fingerprint density at radius 3 is 2.44 bits per heavy atom. The highest BCUT2D eigenvalue weighted by Gasteiger charge is 2.19. The molecule has 25 heavy (non-hydrogen) atoms. The molecule has 0 aliphatic carbocycles. The zero-order valence-corrected chi connectivity index (χ0v) is 14.6. The molecule has 1 aromatic heterocycles. The molecule has 3 rings (SSSR count). The van der Waals surface area contributed by atoms with Crippen molar-refractivity contribution in [3.8, 4) is 0 Å². The first-order valence-electron chi connectivity index (χ1n) is 8.46. The Morgan fingerprint density at radius 1 is 1.12 bits per heavy atom. The second-order valence-electron chi connectivity index (χ2n) is 6.52. The van der Waals surface area contributed by atoms with Crippen molar-refractivity contribution in [3.63, 3.8) is 0 Å². The van der Waals surface area contributed by atoms with Crippen LogP contribution in [0, 0.1) is 19.8 Å². The molecule has 2 aromatic rings. The smallest absolute Gasteiger partial charge is 0.238 e. The summed E-state index contributed by atoms with van der Waals surface area (Å²) < 4.78 is 13.2. The molecule has 0 bridgehead atoms. The second-order valence-corrected chi connectivity index (χ2v) is 6.52. The molecule has 0 spiro atoms. The van der Waals surface area contributed by atoms with E-state index < -0.39 is 5.95 Å². The number of aromatic nitrogens is 1. The molecule has 0 radical (unpaired) electrons. The minimum absolute atomic E-state index is 0.00611. The number of carbonyl (C=O) groups excluding carboxylic acids is 1. The number of halogens is 1. The number of piperazine rings is 1. The second kappa shape index (κ2) is 7.61. The van der Waals surface area contributed by atoms with Crippen LogP contribution in [0.15, 0.2) is 36.5 Å². The molecule has 0 saturated carbocycles. The summed E-state index contributed by atoms with van der Waals surface area (Å²) in [7, 11) is 0. The average Bonchev–Trinajstić information content (AvgIpc) is 2.54. The van der Waals surface area contributed by atoms with E-state index in [1.807, 2.05) is 32.0 Å². The predicted molar refractivity (Wildman–Crippen MR) is 97.4 cm³/mol. The summed E-state index contributed by atoms with van der Waals surface area (Å²) in [6.45, 7) is 7.47. The van der Waals surface area contributed by atoms with Crippen LogP contribution < -0.4 is 10.2 Å². The normalized spacial score (nSPS) is 15.2. The van der Waals surface area contributed by atoms with Gasteiger partial charge < -0.3 is 10.2 Å². The fourth-order valence-corrected chi connectivity index (χ4v) is 3.20. The summed E-state index contributed by atoms with van der Waals surface area (Å²) in [5.74, 6) is -0.471. The van der Waals surface area contributed by atoms with Crippen molar-refractivity contribution in [3.05, 3.63) is 53.6 Å². The maximum atomic E-state index is 13.2. The van der Waals surface area contributed by atoms with Gasteiger partial charge in [0.2, 0.25) is 11.9 Å². The summed E-state index contributed by atoms with van der Waals surface area (Å²) in [5.41, 5.74) is 3.95. The zero-order valence-electron chi connectivity index (χ0n) is 14.6. The fourth-order valence-electron chi connectivity index (χ4n) is 3.20. The molecule has 6 heteroatoms. The van der Waals surface area contributed by atoms with E-state index in [4.69, 9.17) is 0 Å². The summed E-state index contributed by atoms with van der Waals surface area (Å²) in [6, 6.07) is 9.28. The monoisotopic (exact) mass is 342 g/mol. The van der Waals surface area contributed by atoms with Crippen LogP contribution in [-0.2, 0) is 4.79 Å². The number of amides is 1. The molecule has 1 aliphatic rings. The van der Waals surface area contributed by atoms with Crippen LogP contribution in [0.3, 0.4) is 0 Å². The minimum Gasteiger partial charge on any atom is -0.369 e. The Bertz CT molecular complexity index is 737. The number of anilines is 2. The van der Waals surface area contributed by atoms with E-state index in [2.05, 4.69) is 26.2 Å². The quantitative estimate of drug-likeness (QED) is 0.868. The number of nitrogens with one attached hydrogen (secondary N) is 1. The first-order valence-corrected chi connectivity index (χ1v) is 8.46. The first-order chi connectivity index (χ1) is 12.0. The minimum atomic E-state index is -0.465. The van der Waals surface area contributed by atoms with E-state index >= 15 is 0 Å². The van der Waals surface area contributed by atoms with Gasteiger partial charge in [0.25, 0.3) is 0 Å². The Balaban J connectivity index is 1.51. The summed E-state index contributed by atoms with van der Waals surface area (Å²) in [4.78, 5) is 20.1. The van der Waals surface area contributed by atoms with Gasteiger partial charge in [-0.15, -0.1) is 0 Å². The maximum absolute atomic E-state index is 13.2. The van der Waals surface area contributed by atoms with Crippen molar-refractivity contribution < 1.29 is 9.18 Å². The number of pyridine rings is 1. The molecule has 0 atom stereocenters. The maximum Gasteiger partial charge on any atom is 0.238 e. The van der Waals surface area contributed by atoms with Gasteiger partial charge in [0, 0.05) is 49.8 Å². The highest BCUT2D eigenvalue weighted by Crippen LogP contribution is 2.17. The molecular formula is C19H23FN4O. The number of aryl methyl sites for hydroxylation is 2. The lowest BCUT2D eigenvalue weighted by Crippen LogP contribution is -2.48. The fraction of sp³-hybridized carbons (Fsp3) is 0.368. The van der Waals surface area contributed by atoms with E-state index in [1.54, 1.807) is 0 Å². The standard InChI is InChI=1S/C19H23FN4O/c1-14-9-15(2)11-16(10-14)22-19(25)13-23-5-7-24(8-6-23)17-3-4-21-18(20)12-17/h3-4,9-12H,5-8,13H2,1-2H3,(H,22,25). The van der Waals surface area contributed by atoms with Gasteiger partial charge in [-0.3, -0.25) is 9.69 Å². The molecule has 132 valence electrons. The lowest BCUT2D eigenvalue weighted by molar-refractivity contribution is -0.117. The summed E-state index contributed by atoms with van der Waals surface area (Å²) in [6.07, 6.45) is 1.48. The van der Waals surface area contributed by atoms with Gasteiger partial charge in [-0.25, -0.2) is 4.98 Å². The first kappa shape index (κ1) is 17.4. The van der Waals surface area contributed by atoms with E-state index in [-0.39, 0.29) is 5.91 Å². The van der Waals surface area contributed by atoms with Crippen LogP contribution in [0.25, 0.3) is 0 Å². The van der Waals surface area contributed by atoms with Crippen LogP contribution in [0.5, 0.6) is 0 Å². The van der Waals surface area contributed by atoms with Crippen molar-refractivity contribution in [2.24, 2.45) is 0 Å². The third kappa shape index (κ3) is 4.76. The van der Waals surface area contributed by atoms with Gasteiger partial charge >= 0.3 is 0 Å². The largest absolute Gasteiger partial charge is 0.369 e. The number of benzene rings is 1. The van der Waals surface area contributed by atoms with Gasteiger partial charge in [-0.2, -0.15) is 4.39 Å². The molecule has 1 N–H and O–H groups in total. The lowest BCUT2D eigenvalue weighted by atomic mass is 10.1. The number of rotatable bonds is 4. The van der Waals surface area contributed by atoms with Gasteiger partial charge in [0.05, 0.1) is 6.54 Å². The van der Waals surface area contributed by atoms with E-state index in [0.717, 1.165) is 48.7 Å². The molecule has 1 aliphatic heterocycles. The number of nitrogens with zero attached hydrogens (tertiary/aromatic N) is 3. The molecule has 1 aromatic carbocycles. The van der Waals surface area contributed by atoms with Crippen molar-refractivity contribution in [2.75, 3.05) is 42.9 Å². The van der Waals surface area contributed by atoms with Crippen LogP contribution >= 0.6 is 0 Å². The third-order valence-corrected chi connectivity index (χ3v) is 4.32. The van der Waals surface area contributed by atoms with Gasteiger partial charge in [0.1, 0.15) is 0 Å². The highest BCUT2D eigenvalue weighted by molar-refractivity contribution is 5.92. The van der Waals surface area contributed by atoms with Crippen LogP contribution in [0.1, 0.15) is 11.1 Å². The Kier molecular flexibility index (Phi) is 5.28. The molecule has 5 nitrogen and oxygen atoms in total.